The number of rotatable bonds is 5. The summed E-state index contributed by atoms with van der Waals surface area (Å²) in [6, 6.07) is 7.25. The van der Waals surface area contributed by atoms with Crippen molar-refractivity contribution < 1.29 is 18.0 Å². The van der Waals surface area contributed by atoms with Gasteiger partial charge in [0, 0.05) is 32.3 Å². The normalized spacial score (nSPS) is 11.2. The summed E-state index contributed by atoms with van der Waals surface area (Å²) in [4.78, 5) is 20.0. The topological polar surface area (TPSA) is 84.1 Å². The van der Waals surface area contributed by atoms with Gasteiger partial charge in [0.05, 0.1) is 0 Å². The highest BCUT2D eigenvalue weighted by molar-refractivity contribution is 5.92. The summed E-state index contributed by atoms with van der Waals surface area (Å²) >= 11 is 0. The lowest BCUT2D eigenvalue weighted by molar-refractivity contribution is -0.141. The van der Waals surface area contributed by atoms with Crippen molar-refractivity contribution in [3.8, 4) is 0 Å². The monoisotopic (exact) mass is 339 g/mol. The molecule has 0 saturated carbocycles. The molecule has 1 heterocycles. The number of amides is 1. The van der Waals surface area contributed by atoms with E-state index in [9.17, 15) is 18.0 Å². The Balaban J connectivity index is 2.19. The van der Waals surface area contributed by atoms with Crippen LogP contribution in [-0.4, -0.2) is 30.0 Å². The summed E-state index contributed by atoms with van der Waals surface area (Å²) in [6.45, 7) is 0.202. The molecule has 0 unspecified atom stereocenters. The molecule has 0 bridgehead atoms. The molecule has 0 fully saturated rings. The van der Waals surface area contributed by atoms with Crippen molar-refractivity contribution in [3.05, 3.63) is 47.2 Å². The fraction of sp³-hybridized carbons (Fsp3) is 0.267. The van der Waals surface area contributed by atoms with E-state index in [4.69, 9.17) is 5.73 Å². The molecular weight excluding hydrogens is 323 g/mol. The zero-order chi connectivity index (χ0) is 17.9. The number of nitrogens with one attached hydrogen (secondary N) is 1. The second-order valence-corrected chi connectivity index (χ2v) is 5.24. The molecule has 1 aromatic carbocycles. The first-order chi connectivity index (χ1) is 11.2. The maximum Gasteiger partial charge on any atom is 0.433 e. The van der Waals surface area contributed by atoms with E-state index in [2.05, 4.69) is 15.3 Å². The van der Waals surface area contributed by atoms with Gasteiger partial charge in [-0.2, -0.15) is 18.2 Å². The SMILES string of the molecule is CN(C)c1cc(C(F)(F)F)nc(NCc2ccc(C(N)=O)cc2)n1. The van der Waals surface area contributed by atoms with Gasteiger partial charge in [0.25, 0.3) is 0 Å². The molecule has 0 aliphatic carbocycles. The molecule has 128 valence electrons. The quantitative estimate of drug-likeness (QED) is 0.873. The molecule has 24 heavy (non-hydrogen) atoms. The lowest BCUT2D eigenvalue weighted by atomic mass is 10.1. The van der Waals surface area contributed by atoms with E-state index in [1.54, 1.807) is 26.2 Å². The summed E-state index contributed by atoms with van der Waals surface area (Å²) in [6.07, 6.45) is -4.56. The largest absolute Gasteiger partial charge is 0.433 e. The van der Waals surface area contributed by atoms with Crippen LogP contribution in [0, 0.1) is 0 Å². The Bertz CT molecular complexity index is 729. The van der Waals surface area contributed by atoms with Crippen molar-refractivity contribution in [2.45, 2.75) is 12.7 Å². The lowest BCUT2D eigenvalue weighted by Crippen LogP contribution is -2.17. The minimum absolute atomic E-state index is 0.132. The maximum atomic E-state index is 12.9. The van der Waals surface area contributed by atoms with Crippen molar-refractivity contribution in [1.29, 1.82) is 0 Å². The standard InChI is InChI=1S/C15H16F3N5O/c1-23(2)12-7-11(15(16,17)18)21-14(22-12)20-8-9-3-5-10(6-4-9)13(19)24/h3-7H,8H2,1-2H3,(H2,19,24)(H,20,21,22). The summed E-state index contributed by atoms with van der Waals surface area (Å²) in [7, 11) is 3.18. The van der Waals surface area contributed by atoms with Gasteiger partial charge in [-0.3, -0.25) is 4.79 Å². The Morgan fingerprint density at radius 1 is 1.21 bits per heavy atom. The second-order valence-electron chi connectivity index (χ2n) is 5.24. The van der Waals surface area contributed by atoms with Gasteiger partial charge in [-0.25, -0.2) is 4.98 Å². The highest BCUT2D eigenvalue weighted by Crippen LogP contribution is 2.30. The number of nitrogens with two attached hydrogens (primary N) is 1. The fourth-order valence-corrected chi connectivity index (χ4v) is 1.86. The molecule has 0 aliphatic heterocycles. The molecule has 2 aromatic rings. The average Bonchev–Trinajstić information content (AvgIpc) is 2.52. The number of carbonyl (C=O) groups excluding carboxylic acids is 1. The van der Waals surface area contributed by atoms with E-state index in [-0.39, 0.29) is 18.3 Å². The molecule has 0 radical (unpaired) electrons. The van der Waals surface area contributed by atoms with E-state index in [0.717, 1.165) is 11.6 Å². The van der Waals surface area contributed by atoms with Crippen LogP contribution in [0.5, 0.6) is 0 Å². The number of hydrogen-bond donors (Lipinski definition) is 2. The van der Waals surface area contributed by atoms with Crippen LogP contribution in [0.2, 0.25) is 0 Å². The van der Waals surface area contributed by atoms with Crippen molar-refractivity contribution >= 4 is 17.7 Å². The molecule has 9 heteroatoms. The predicted octanol–water partition coefficient (Wildman–Crippen LogP) is 2.27. The summed E-state index contributed by atoms with van der Waals surface area (Å²) < 4.78 is 38.7. The van der Waals surface area contributed by atoms with E-state index in [0.29, 0.717) is 5.56 Å². The van der Waals surface area contributed by atoms with E-state index < -0.39 is 17.8 Å². The minimum Gasteiger partial charge on any atom is -0.366 e. The van der Waals surface area contributed by atoms with Gasteiger partial charge in [-0.05, 0) is 17.7 Å². The van der Waals surface area contributed by atoms with Gasteiger partial charge in [-0.1, -0.05) is 12.1 Å². The number of halogens is 3. The number of alkyl halides is 3. The molecule has 6 nitrogen and oxygen atoms in total. The summed E-state index contributed by atoms with van der Waals surface area (Å²) in [5.74, 6) is -0.539. The highest BCUT2D eigenvalue weighted by Gasteiger charge is 2.34. The summed E-state index contributed by atoms with van der Waals surface area (Å²) in [5.41, 5.74) is 5.22. The number of aromatic nitrogens is 2. The maximum absolute atomic E-state index is 12.9. The first-order valence-electron chi connectivity index (χ1n) is 6.93. The van der Waals surface area contributed by atoms with Crippen LogP contribution in [0.3, 0.4) is 0 Å². The van der Waals surface area contributed by atoms with Gasteiger partial charge in [0.2, 0.25) is 11.9 Å². The average molecular weight is 339 g/mol. The van der Waals surface area contributed by atoms with Gasteiger partial charge < -0.3 is 16.0 Å². The van der Waals surface area contributed by atoms with Gasteiger partial charge in [-0.15, -0.1) is 0 Å². The molecule has 2 rings (SSSR count). The Labute approximate surface area is 136 Å². The Morgan fingerprint density at radius 3 is 2.33 bits per heavy atom. The third kappa shape index (κ3) is 4.34. The third-order valence-electron chi connectivity index (χ3n) is 3.15. The number of nitrogens with zero attached hydrogens (tertiary/aromatic N) is 3. The number of anilines is 2. The van der Waals surface area contributed by atoms with Gasteiger partial charge in [0.1, 0.15) is 5.82 Å². The fourth-order valence-electron chi connectivity index (χ4n) is 1.86. The van der Waals surface area contributed by atoms with E-state index in [1.165, 1.54) is 17.0 Å². The molecule has 0 atom stereocenters. The molecule has 0 aliphatic rings. The smallest absolute Gasteiger partial charge is 0.366 e. The van der Waals surface area contributed by atoms with Crippen LogP contribution >= 0.6 is 0 Å². The van der Waals surface area contributed by atoms with Crippen LogP contribution < -0.4 is 16.0 Å². The van der Waals surface area contributed by atoms with Gasteiger partial charge in [0.15, 0.2) is 5.69 Å². The number of benzene rings is 1. The highest BCUT2D eigenvalue weighted by atomic mass is 19.4. The van der Waals surface area contributed by atoms with Crippen molar-refractivity contribution in [2.24, 2.45) is 5.73 Å². The van der Waals surface area contributed by atoms with Gasteiger partial charge >= 0.3 is 6.18 Å². The molecule has 1 amide bonds. The van der Waals surface area contributed by atoms with Crippen molar-refractivity contribution in [3.63, 3.8) is 0 Å². The van der Waals surface area contributed by atoms with Crippen LogP contribution in [0.1, 0.15) is 21.6 Å². The summed E-state index contributed by atoms with van der Waals surface area (Å²) in [5, 5.41) is 2.75. The zero-order valence-electron chi connectivity index (χ0n) is 13.1. The van der Waals surface area contributed by atoms with E-state index in [1.807, 2.05) is 0 Å². The number of hydrogen-bond acceptors (Lipinski definition) is 5. The molecule has 0 spiro atoms. The molecular formula is C15H16F3N5O. The molecule has 1 aromatic heterocycles. The van der Waals surface area contributed by atoms with Crippen molar-refractivity contribution in [2.75, 3.05) is 24.3 Å². The van der Waals surface area contributed by atoms with Crippen LogP contribution in [-0.2, 0) is 12.7 Å². The number of primary amides is 1. The minimum atomic E-state index is -4.56. The molecule has 3 N–H and O–H groups in total. The predicted molar refractivity (Wildman–Crippen MR) is 83.6 cm³/mol. The first kappa shape index (κ1) is 17.5. The third-order valence-corrected chi connectivity index (χ3v) is 3.15. The lowest BCUT2D eigenvalue weighted by Gasteiger charge is -2.16. The second kappa shape index (κ2) is 6.73. The Hall–Kier alpha value is -2.84. The number of carbonyl (C=O) groups is 1. The Kier molecular flexibility index (Phi) is 4.91. The van der Waals surface area contributed by atoms with Crippen LogP contribution in [0.15, 0.2) is 30.3 Å². The van der Waals surface area contributed by atoms with E-state index >= 15 is 0 Å². The van der Waals surface area contributed by atoms with Crippen LogP contribution in [0.4, 0.5) is 24.9 Å². The zero-order valence-corrected chi connectivity index (χ0v) is 13.1. The Morgan fingerprint density at radius 2 is 1.83 bits per heavy atom. The van der Waals surface area contributed by atoms with Crippen molar-refractivity contribution in [1.82, 2.24) is 9.97 Å². The first-order valence-corrected chi connectivity index (χ1v) is 6.93. The van der Waals surface area contributed by atoms with Crippen LogP contribution in [0.25, 0.3) is 0 Å². The molecule has 0 saturated heterocycles.